The summed E-state index contributed by atoms with van der Waals surface area (Å²) in [6.07, 6.45) is 5.54. The van der Waals surface area contributed by atoms with Gasteiger partial charge in [0.2, 0.25) is 0 Å². The maximum absolute atomic E-state index is 12.6. The standard InChI is InChI=1S/C21H20N2O2S/c1-5-11-23-18-13-14(3)12-15(4)19(18)26-21(23)22-20(24)16-7-9-17(10-8-16)25-6-2/h1,7-10,12-13H,6,11H2,2-4H3. The van der Waals surface area contributed by atoms with E-state index in [0.29, 0.717) is 23.5 Å². The third-order valence-corrected chi connectivity index (χ3v) is 5.20. The van der Waals surface area contributed by atoms with Crippen molar-refractivity contribution in [3.8, 4) is 18.1 Å². The molecule has 3 rings (SSSR count). The SMILES string of the molecule is C#CCn1c(=NC(=O)c2ccc(OCC)cc2)sc2c(C)cc(C)cc21. The van der Waals surface area contributed by atoms with E-state index in [0.717, 1.165) is 27.1 Å². The molecule has 0 bridgehead atoms. The number of thiazole rings is 1. The summed E-state index contributed by atoms with van der Waals surface area (Å²) in [6, 6.07) is 11.2. The molecule has 0 radical (unpaired) electrons. The number of carbonyl (C=O) groups excluding carboxylic acids is 1. The minimum atomic E-state index is -0.292. The number of aryl methyl sites for hydroxylation is 2. The molecule has 5 heteroatoms. The van der Waals surface area contributed by atoms with Crippen LogP contribution >= 0.6 is 11.3 Å². The molecule has 0 fully saturated rings. The molecule has 0 saturated carbocycles. The van der Waals surface area contributed by atoms with Gasteiger partial charge < -0.3 is 9.30 Å². The molecular formula is C21H20N2O2S. The topological polar surface area (TPSA) is 43.6 Å². The minimum absolute atomic E-state index is 0.292. The summed E-state index contributed by atoms with van der Waals surface area (Å²) in [5.41, 5.74) is 3.85. The highest BCUT2D eigenvalue weighted by Crippen LogP contribution is 2.23. The number of amides is 1. The van der Waals surface area contributed by atoms with Crippen molar-refractivity contribution in [1.82, 2.24) is 4.57 Å². The number of aromatic nitrogens is 1. The Balaban J connectivity index is 2.08. The first-order valence-corrected chi connectivity index (χ1v) is 9.21. The maximum atomic E-state index is 12.6. The fourth-order valence-electron chi connectivity index (χ4n) is 2.85. The van der Waals surface area contributed by atoms with Crippen LogP contribution in [-0.2, 0) is 6.54 Å². The molecule has 0 unspecified atom stereocenters. The van der Waals surface area contributed by atoms with Gasteiger partial charge in [0.15, 0.2) is 4.80 Å². The van der Waals surface area contributed by atoms with Crippen molar-refractivity contribution in [2.45, 2.75) is 27.3 Å². The monoisotopic (exact) mass is 364 g/mol. The van der Waals surface area contributed by atoms with Crippen LogP contribution in [0.15, 0.2) is 41.4 Å². The fourth-order valence-corrected chi connectivity index (χ4v) is 3.93. The van der Waals surface area contributed by atoms with E-state index in [1.807, 2.05) is 18.4 Å². The van der Waals surface area contributed by atoms with E-state index in [1.165, 1.54) is 11.3 Å². The molecular weight excluding hydrogens is 344 g/mol. The number of rotatable bonds is 4. The molecule has 3 aromatic rings. The van der Waals surface area contributed by atoms with E-state index in [1.54, 1.807) is 24.3 Å². The quantitative estimate of drug-likeness (QED) is 0.655. The number of nitrogens with zero attached hydrogens (tertiary/aromatic N) is 2. The van der Waals surface area contributed by atoms with Gasteiger partial charge in [0.05, 0.1) is 23.4 Å². The van der Waals surface area contributed by atoms with Crippen molar-refractivity contribution < 1.29 is 9.53 Å². The van der Waals surface area contributed by atoms with Gasteiger partial charge in [-0.2, -0.15) is 4.99 Å². The molecule has 4 nitrogen and oxygen atoms in total. The number of hydrogen-bond donors (Lipinski definition) is 0. The third kappa shape index (κ3) is 3.56. The highest BCUT2D eigenvalue weighted by molar-refractivity contribution is 7.16. The van der Waals surface area contributed by atoms with Crippen molar-refractivity contribution in [2.75, 3.05) is 6.61 Å². The molecule has 0 aliphatic heterocycles. The van der Waals surface area contributed by atoms with Gasteiger partial charge in [0.25, 0.3) is 5.91 Å². The number of hydrogen-bond acceptors (Lipinski definition) is 3. The molecule has 0 saturated heterocycles. The summed E-state index contributed by atoms with van der Waals surface area (Å²) in [7, 11) is 0. The summed E-state index contributed by atoms with van der Waals surface area (Å²) in [5, 5.41) is 0. The average Bonchev–Trinajstić information content (AvgIpc) is 2.94. The van der Waals surface area contributed by atoms with E-state index < -0.39 is 0 Å². The third-order valence-electron chi connectivity index (χ3n) is 3.97. The van der Waals surface area contributed by atoms with Gasteiger partial charge in [-0.05, 0) is 62.2 Å². The number of terminal acetylenes is 1. The number of benzene rings is 2. The Morgan fingerprint density at radius 1 is 1.27 bits per heavy atom. The van der Waals surface area contributed by atoms with Crippen molar-refractivity contribution in [3.05, 3.63) is 57.9 Å². The number of carbonyl (C=O) groups is 1. The Morgan fingerprint density at radius 3 is 2.65 bits per heavy atom. The van der Waals surface area contributed by atoms with Crippen LogP contribution in [-0.4, -0.2) is 17.1 Å². The van der Waals surface area contributed by atoms with Crippen LogP contribution in [0.4, 0.5) is 0 Å². The lowest BCUT2D eigenvalue weighted by Crippen LogP contribution is -2.16. The van der Waals surface area contributed by atoms with Gasteiger partial charge in [-0.25, -0.2) is 0 Å². The van der Waals surface area contributed by atoms with Crippen molar-refractivity contribution >= 4 is 27.5 Å². The minimum Gasteiger partial charge on any atom is -0.494 e. The summed E-state index contributed by atoms with van der Waals surface area (Å²) < 4.78 is 8.43. The van der Waals surface area contributed by atoms with Crippen molar-refractivity contribution in [1.29, 1.82) is 0 Å². The second-order valence-electron chi connectivity index (χ2n) is 5.98. The zero-order chi connectivity index (χ0) is 18.7. The zero-order valence-corrected chi connectivity index (χ0v) is 15.9. The molecule has 26 heavy (non-hydrogen) atoms. The lowest BCUT2D eigenvalue weighted by Gasteiger charge is -2.03. The Bertz CT molecular complexity index is 1070. The lowest BCUT2D eigenvalue weighted by molar-refractivity contribution is 0.0998. The number of ether oxygens (including phenoxy) is 1. The van der Waals surface area contributed by atoms with Crippen molar-refractivity contribution in [3.63, 3.8) is 0 Å². The first kappa shape index (κ1) is 18.0. The lowest BCUT2D eigenvalue weighted by atomic mass is 10.1. The molecule has 0 spiro atoms. The van der Waals surface area contributed by atoms with E-state index in [2.05, 4.69) is 30.0 Å². The maximum Gasteiger partial charge on any atom is 0.279 e. The van der Waals surface area contributed by atoms with E-state index in [-0.39, 0.29) is 5.91 Å². The predicted octanol–water partition coefficient (Wildman–Crippen LogP) is 4.09. The van der Waals surface area contributed by atoms with Crippen LogP contribution < -0.4 is 9.54 Å². The Labute approximate surface area is 156 Å². The largest absolute Gasteiger partial charge is 0.494 e. The van der Waals surface area contributed by atoms with Crippen LogP contribution in [0, 0.1) is 26.2 Å². The Hall–Kier alpha value is -2.84. The fraction of sp³-hybridized carbons (Fsp3) is 0.238. The van der Waals surface area contributed by atoms with Crippen LogP contribution in [0.1, 0.15) is 28.4 Å². The molecule has 0 aliphatic carbocycles. The average molecular weight is 364 g/mol. The van der Waals surface area contributed by atoms with Crippen LogP contribution in [0.3, 0.4) is 0 Å². The normalized spacial score (nSPS) is 11.5. The highest BCUT2D eigenvalue weighted by Gasteiger charge is 2.11. The molecule has 1 aromatic heterocycles. The molecule has 1 amide bonds. The van der Waals surface area contributed by atoms with Gasteiger partial charge in [-0.3, -0.25) is 4.79 Å². The Morgan fingerprint density at radius 2 is 2.00 bits per heavy atom. The van der Waals surface area contributed by atoms with Gasteiger partial charge in [-0.1, -0.05) is 23.3 Å². The molecule has 0 aliphatic rings. The smallest absolute Gasteiger partial charge is 0.279 e. The zero-order valence-electron chi connectivity index (χ0n) is 15.1. The molecule has 132 valence electrons. The van der Waals surface area contributed by atoms with Gasteiger partial charge in [0.1, 0.15) is 5.75 Å². The first-order valence-electron chi connectivity index (χ1n) is 8.39. The van der Waals surface area contributed by atoms with Crippen molar-refractivity contribution in [2.24, 2.45) is 4.99 Å². The second-order valence-corrected chi connectivity index (χ2v) is 6.96. The number of fused-ring (bicyclic) bond motifs is 1. The van der Waals surface area contributed by atoms with E-state index >= 15 is 0 Å². The van der Waals surface area contributed by atoms with E-state index in [4.69, 9.17) is 11.2 Å². The van der Waals surface area contributed by atoms with Crippen LogP contribution in [0.25, 0.3) is 10.2 Å². The van der Waals surface area contributed by atoms with Gasteiger partial charge in [0, 0.05) is 5.56 Å². The summed E-state index contributed by atoms with van der Waals surface area (Å²) in [4.78, 5) is 17.6. The first-order chi connectivity index (χ1) is 12.5. The summed E-state index contributed by atoms with van der Waals surface area (Å²) in [5.74, 6) is 3.10. The predicted molar refractivity (Wildman–Crippen MR) is 106 cm³/mol. The van der Waals surface area contributed by atoms with Crippen LogP contribution in [0.2, 0.25) is 0 Å². The molecule has 0 atom stereocenters. The highest BCUT2D eigenvalue weighted by atomic mass is 32.1. The van der Waals surface area contributed by atoms with Gasteiger partial charge in [-0.15, -0.1) is 6.42 Å². The molecule has 2 aromatic carbocycles. The van der Waals surface area contributed by atoms with E-state index in [9.17, 15) is 4.79 Å². The van der Waals surface area contributed by atoms with Gasteiger partial charge >= 0.3 is 0 Å². The van der Waals surface area contributed by atoms with Crippen LogP contribution in [0.5, 0.6) is 5.75 Å². The summed E-state index contributed by atoms with van der Waals surface area (Å²) >= 11 is 1.49. The molecule has 1 heterocycles. The molecule has 0 N–H and O–H groups in total. The second kappa shape index (κ2) is 7.59. The summed E-state index contributed by atoms with van der Waals surface area (Å²) in [6.45, 7) is 6.99. The Kier molecular flexibility index (Phi) is 5.24.